The molecule has 0 bridgehead atoms. The highest BCUT2D eigenvalue weighted by atomic mass is 35.5. The quantitative estimate of drug-likeness (QED) is 0.829. The van der Waals surface area contributed by atoms with E-state index in [1.165, 1.54) is 0 Å². The highest BCUT2D eigenvalue weighted by Gasteiger charge is 2.42. The smallest absolute Gasteiger partial charge is 0.222 e. The van der Waals surface area contributed by atoms with Crippen LogP contribution in [0, 0.1) is 5.41 Å². The van der Waals surface area contributed by atoms with Crippen LogP contribution in [0.2, 0.25) is 5.02 Å². The maximum absolute atomic E-state index is 12.5. The summed E-state index contributed by atoms with van der Waals surface area (Å²) in [6.07, 6.45) is 9.17. The van der Waals surface area contributed by atoms with Gasteiger partial charge in [0.15, 0.2) is 0 Å². The Kier molecular flexibility index (Phi) is 4.81. The zero-order valence-electron chi connectivity index (χ0n) is 14.8. The average molecular weight is 371 g/mol. The van der Waals surface area contributed by atoms with Crippen molar-refractivity contribution in [1.82, 2.24) is 14.9 Å². The number of amides is 1. The van der Waals surface area contributed by atoms with Crippen LogP contribution < -0.4 is 4.90 Å². The van der Waals surface area contributed by atoms with Crippen LogP contribution in [0.4, 0.5) is 5.82 Å². The molecule has 0 N–H and O–H groups in total. The fourth-order valence-corrected chi connectivity index (χ4v) is 4.53. The van der Waals surface area contributed by atoms with Crippen LogP contribution in [0.3, 0.4) is 0 Å². The fourth-order valence-electron chi connectivity index (χ4n) is 4.29. The molecule has 1 atom stereocenters. The Bertz CT molecular complexity index is 784. The largest absolute Gasteiger partial charge is 0.355 e. The molecular formula is C20H23ClN4O. The van der Waals surface area contributed by atoms with Gasteiger partial charge in [-0.3, -0.25) is 9.78 Å². The van der Waals surface area contributed by atoms with Gasteiger partial charge in [-0.25, -0.2) is 4.98 Å². The summed E-state index contributed by atoms with van der Waals surface area (Å²) in [5, 5.41) is 0.699. The second kappa shape index (κ2) is 7.23. The third-order valence-corrected chi connectivity index (χ3v) is 5.87. The van der Waals surface area contributed by atoms with Gasteiger partial charge in [-0.05, 0) is 49.1 Å². The first-order chi connectivity index (χ1) is 12.7. The van der Waals surface area contributed by atoms with Crippen LogP contribution in [0.5, 0.6) is 0 Å². The molecule has 5 nitrogen and oxygen atoms in total. The van der Waals surface area contributed by atoms with Crippen molar-refractivity contribution in [2.24, 2.45) is 5.41 Å². The Morgan fingerprint density at radius 3 is 2.77 bits per heavy atom. The number of aromatic nitrogens is 2. The molecule has 2 aliphatic heterocycles. The van der Waals surface area contributed by atoms with Crippen LogP contribution in [0.15, 0.2) is 42.9 Å². The predicted octanol–water partition coefficient (Wildman–Crippen LogP) is 3.54. The highest BCUT2D eigenvalue weighted by Crippen LogP contribution is 2.41. The lowest BCUT2D eigenvalue weighted by Crippen LogP contribution is -2.54. The van der Waals surface area contributed by atoms with Crippen LogP contribution in [0.1, 0.15) is 31.2 Å². The first-order valence-corrected chi connectivity index (χ1v) is 9.55. The second-order valence-corrected chi connectivity index (χ2v) is 7.85. The van der Waals surface area contributed by atoms with Crippen LogP contribution in [0.25, 0.3) is 0 Å². The molecule has 1 unspecified atom stereocenters. The van der Waals surface area contributed by atoms with Gasteiger partial charge in [0, 0.05) is 56.6 Å². The highest BCUT2D eigenvalue weighted by molar-refractivity contribution is 6.32. The zero-order chi connectivity index (χ0) is 18.0. The predicted molar refractivity (Wildman–Crippen MR) is 102 cm³/mol. The maximum Gasteiger partial charge on any atom is 0.222 e. The summed E-state index contributed by atoms with van der Waals surface area (Å²) in [5.74, 6) is 1.12. The summed E-state index contributed by atoms with van der Waals surface area (Å²) in [4.78, 5) is 25.4. The summed E-state index contributed by atoms with van der Waals surface area (Å²) in [6.45, 7) is 3.34. The minimum atomic E-state index is 0.125. The van der Waals surface area contributed by atoms with Crippen LogP contribution in [-0.2, 0) is 11.3 Å². The maximum atomic E-state index is 12.5. The first-order valence-electron chi connectivity index (χ1n) is 9.17. The van der Waals surface area contributed by atoms with Crippen molar-refractivity contribution in [2.75, 3.05) is 24.5 Å². The van der Waals surface area contributed by atoms with Crippen LogP contribution in [-0.4, -0.2) is 40.4 Å². The molecular weight excluding hydrogens is 348 g/mol. The van der Waals surface area contributed by atoms with E-state index in [0.717, 1.165) is 50.3 Å². The van der Waals surface area contributed by atoms with Crippen LogP contribution >= 0.6 is 11.6 Å². The van der Waals surface area contributed by atoms with Gasteiger partial charge in [-0.2, -0.15) is 0 Å². The molecule has 0 aromatic carbocycles. The summed E-state index contributed by atoms with van der Waals surface area (Å²) in [5.41, 5.74) is 1.26. The van der Waals surface area contributed by atoms with Crippen molar-refractivity contribution in [3.63, 3.8) is 0 Å². The molecule has 4 heterocycles. The van der Waals surface area contributed by atoms with E-state index in [0.29, 0.717) is 18.0 Å². The third kappa shape index (κ3) is 3.54. The third-order valence-electron chi connectivity index (χ3n) is 5.57. The molecule has 2 aromatic heterocycles. The van der Waals surface area contributed by atoms with E-state index >= 15 is 0 Å². The van der Waals surface area contributed by atoms with E-state index in [9.17, 15) is 4.79 Å². The minimum Gasteiger partial charge on any atom is -0.355 e. The number of likely N-dealkylation sites (tertiary alicyclic amines) is 1. The molecule has 6 heteroatoms. The molecule has 1 amide bonds. The standard InChI is InChI=1S/C20H23ClN4O/c21-17-3-1-9-23-19(17)24-12-2-7-20(14-24)8-4-18(26)25(15-20)13-16-5-10-22-11-6-16/h1,3,5-6,9-11H,2,4,7-8,12-15H2. The summed E-state index contributed by atoms with van der Waals surface area (Å²) >= 11 is 6.37. The minimum absolute atomic E-state index is 0.125. The van der Waals surface area contributed by atoms with Gasteiger partial charge in [0.25, 0.3) is 0 Å². The molecule has 0 aliphatic carbocycles. The number of hydrogen-bond acceptors (Lipinski definition) is 4. The average Bonchev–Trinajstić information content (AvgIpc) is 2.66. The summed E-state index contributed by atoms with van der Waals surface area (Å²) in [7, 11) is 0. The van der Waals surface area contributed by atoms with E-state index in [2.05, 4.69) is 14.9 Å². The number of nitrogens with zero attached hydrogens (tertiary/aromatic N) is 4. The van der Waals surface area contributed by atoms with Crippen molar-refractivity contribution in [3.8, 4) is 0 Å². The van der Waals surface area contributed by atoms with Gasteiger partial charge in [0.05, 0.1) is 5.02 Å². The van der Waals surface area contributed by atoms with Gasteiger partial charge in [0.1, 0.15) is 5.82 Å². The fraction of sp³-hybridized carbons (Fsp3) is 0.450. The number of carbonyl (C=O) groups is 1. The van der Waals surface area contributed by atoms with Crippen molar-refractivity contribution < 1.29 is 4.79 Å². The van der Waals surface area contributed by atoms with E-state index < -0.39 is 0 Å². The summed E-state index contributed by atoms with van der Waals surface area (Å²) < 4.78 is 0. The van der Waals surface area contributed by atoms with Gasteiger partial charge >= 0.3 is 0 Å². The lowest BCUT2D eigenvalue weighted by Gasteiger charge is -2.48. The Hall–Kier alpha value is -2.14. The van der Waals surface area contributed by atoms with Gasteiger partial charge in [-0.15, -0.1) is 0 Å². The van der Waals surface area contributed by atoms with E-state index in [1.807, 2.05) is 29.2 Å². The molecule has 2 fully saturated rings. The zero-order valence-corrected chi connectivity index (χ0v) is 15.5. The van der Waals surface area contributed by atoms with Gasteiger partial charge in [0.2, 0.25) is 5.91 Å². The Morgan fingerprint density at radius 2 is 1.96 bits per heavy atom. The normalized spacial score (nSPS) is 23.5. The van der Waals surface area contributed by atoms with E-state index in [-0.39, 0.29) is 11.3 Å². The lowest BCUT2D eigenvalue weighted by molar-refractivity contribution is -0.138. The molecule has 0 radical (unpaired) electrons. The first kappa shape index (κ1) is 17.3. The van der Waals surface area contributed by atoms with Crippen molar-refractivity contribution in [2.45, 2.75) is 32.2 Å². The molecule has 1 spiro atoms. The Balaban J connectivity index is 1.52. The molecule has 2 aliphatic rings. The molecule has 4 rings (SSSR count). The second-order valence-electron chi connectivity index (χ2n) is 7.44. The SMILES string of the molecule is O=C1CCC2(CCCN(c3ncccc3Cl)C2)CN1Cc1ccncc1. The number of halogens is 1. The number of pyridine rings is 2. The van der Waals surface area contributed by atoms with E-state index in [1.54, 1.807) is 18.6 Å². The lowest BCUT2D eigenvalue weighted by atomic mass is 9.73. The molecule has 0 saturated carbocycles. The number of rotatable bonds is 3. The monoisotopic (exact) mass is 370 g/mol. The molecule has 2 aromatic rings. The van der Waals surface area contributed by atoms with Crippen molar-refractivity contribution in [1.29, 1.82) is 0 Å². The Labute approximate surface area is 159 Å². The number of piperidine rings is 2. The Morgan fingerprint density at radius 1 is 1.12 bits per heavy atom. The van der Waals surface area contributed by atoms with Crippen molar-refractivity contribution >= 4 is 23.3 Å². The topological polar surface area (TPSA) is 49.3 Å². The van der Waals surface area contributed by atoms with Crippen molar-refractivity contribution in [3.05, 3.63) is 53.4 Å². The number of anilines is 1. The molecule has 136 valence electrons. The van der Waals surface area contributed by atoms with E-state index in [4.69, 9.17) is 11.6 Å². The van der Waals surface area contributed by atoms with Gasteiger partial charge < -0.3 is 9.80 Å². The van der Waals surface area contributed by atoms with Gasteiger partial charge in [-0.1, -0.05) is 11.6 Å². The number of carbonyl (C=O) groups excluding carboxylic acids is 1. The molecule has 26 heavy (non-hydrogen) atoms. The molecule has 2 saturated heterocycles. The number of hydrogen-bond donors (Lipinski definition) is 0. The summed E-state index contributed by atoms with van der Waals surface area (Å²) in [6, 6.07) is 7.72.